The number of carbonyl (C=O) groups excluding carboxylic acids is 1. The van der Waals surface area contributed by atoms with Crippen molar-refractivity contribution < 1.29 is 14.3 Å². The first-order valence-corrected chi connectivity index (χ1v) is 10.2. The molecule has 2 aliphatic heterocycles. The van der Waals surface area contributed by atoms with E-state index in [1.54, 1.807) is 13.3 Å². The predicted molar refractivity (Wildman–Crippen MR) is 110 cm³/mol. The second-order valence-electron chi connectivity index (χ2n) is 7.56. The van der Waals surface area contributed by atoms with Crippen molar-refractivity contribution in [3.05, 3.63) is 58.0 Å². The Morgan fingerprint density at radius 2 is 1.72 bits per heavy atom. The maximum atomic E-state index is 12.8. The molecule has 1 fully saturated rings. The molecule has 7 nitrogen and oxygen atoms in total. The van der Waals surface area contributed by atoms with Crippen LogP contribution in [-0.4, -0.2) is 60.1 Å². The van der Waals surface area contributed by atoms with Crippen LogP contribution in [0.1, 0.15) is 28.9 Å². The van der Waals surface area contributed by atoms with Gasteiger partial charge in [0.2, 0.25) is 5.43 Å². The molecule has 2 aliphatic rings. The van der Waals surface area contributed by atoms with Gasteiger partial charge in [-0.15, -0.1) is 0 Å². The average molecular weight is 397 g/mol. The molecule has 2 aromatic rings. The second kappa shape index (κ2) is 8.69. The number of likely N-dealkylation sites (tertiary alicyclic amines) is 1. The smallest absolute Gasteiger partial charge is 0.270 e. The number of nitrogens with zero attached hydrogens (tertiary/aromatic N) is 3. The van der Waals surface area contributed by atoms with Crippen LogP contribution in [0, 0.1) is 0 Å². The van der Waals surface area contributed by atoms with Crippen molar-refractivity contribution >= 4 is 5.91 Å². The Kier molecular flexibility index (Phi) is 5.85. The fraction of sp³-hybridized carbons (Fsp3) is 0.455. The third-order valence-corrected chi connectivity index (χ3v) is 5.65. The predicted octanol–water partition coefficient (Wildman–Crippen LogP) is 1.99. The topological polar surface area (TPSA) is 64.0 Å². The molecule has 0 unspecified atom stereocenters. The normalized spacial score (nSPS) is 16.7. The Hall–Kier alpha value is -2.80. The van der Waals surface area contributed by atoms with Crippen LogP contribution in [0.5, 0.6) is 11.5 Å². The standard InChI is InChI=1S/C22H27N3O4/c1-28-18-6-4-17(5-7-18)16-29-21-15-25-13-12-24(11-10-23-8-2-3-9-23)22(27)19(25)14-20(21)26/h4-7,14-15H,2-3,8-13,16H2,1H3. The Morgan fingerprint density at radius 3 is 2.45 bits per heavy atom. The summed E-state index contributed by atoms with van der Waals surface area (Å²) in [6, 6.07) is 8.92. The van der Waals surface area contributed by atoms with E-state index < -0.39 is 0 Å². The lowest BCUT2D eigenvalue weighted by atomic mass is 10.2. The number of hydrogen-bond acceptors (Lipinski definition) is 5. The first-order valence-electron chi connectivity index (χ1n) is 10.2. The van der Waals surface area contributed by atoms with Gasteiger partial charge in [0, 0.05) is 32.2 Å². The number of ether oxygens (including phenoxy) is 2. The molecule has 1 aromatic heterocycles. The second-order valence-corrected chi connectivity index (χ2v) is 7.56. The molecule has 4 rings (SSSR count). The van der Waals surface area contributed by atoms with Gasteiger partial charge >= 0.3 is 0 Å². The van der Waals surface area contributed by atoms with Crippen LogP contribution in [0.4, 0.5) is 0 Å². The van der Waals surface area contributed by atoms with E-state index in [4.69, 9.17) is 9.47 Å². The number of methoxy groups -OCH3 is 1. The summed E-state index contributed by atoms with van der Waals surface area (Å²) >= 11 is 0. The van der Waals surface area contributed by atoms with E-state index in [0.29, 0.717) is 25.3 Å². The molecule has 0 aliphatic carbocycles. The number of benzene rings is 1. The number of aromatic nitrogens is 1. The molecule has 0 radical (unpaired) electrons. The van der Waals surface area contributed by atoms with Crippen LogP contribution in [-0.2, 0) is 13.2 Å². The lowest BCUT2D eigenvalue weighted by Gasteiger charge is -2.31. The number of pyridine rings is 1. The Balaban J connectivity index is 1.41. The van der Waals surface area contributed by atoms with Crippen molar-refractivity contribution in [1.29, 1.82) is 0 Å². The molecular weight excluding hydrogens is 370 g/mol. The highest BCUT2D eigenvalue weighted by atomic mass is 16.5. The van der Waals surface area contributed by atoms with Crippen LogP contribution in [0.2, 0.25) is 0 Å². The summed E-state index contributed by atoms with van der Waals surface area (Å²) in [6.07, 6.45) is 4.15. The highest BCUT2D eigenvalue weighted by Crippen LogP contribution is 2.17. The molecule has 1 saturated heterocycles. The van der Waals surface area contributed by atoms with E-state index in [1.807, 2.05) is 33.7 Å². The average Bonchev–Trinajstić information content (AvgIpc) is 3.26. The zero-order valence-corrected chi connectivity index (χ0v) is 16.8. The van der Waals surface area contributed by atoms with E-state index >= 15 is 0 Å². The monoisotopic (exact) mass is 397 g/mol. The summed E-state index contributed by atoms with van der Waals surface area (Å²) in [5.41, 5.74) is 1.12. The van der Waals surface area contributed by atoms with Gasteiger partial charge in [0.1, 0.15) is 18.1 Å². The van der Waals surface area contributed by atoms with Gasteiger partial charge in [-0.25, -0.2) is 0 Å². The van der Waals surface area contributed by atoms with Crippen LogP contribution < -0.4 is 14.9 Å². The van der Waals surface area contributed by atoms with E-state index in [1.165, 1.54) is 18.9 Å². The van der Waals surface area contributed by atoms with Crippen molar-refractivity contribution in [3.63, 3.8) is 0 Å². The van der Waals surface area contributed by atoms with Gasteiger partial charge in [0.25, 0.3) is 5.91 Å². The first-order chi connectivity index (χ1) is 14.1. The fourth-order valence-corrected chi connectivity index (χ4v) is 3.89. The molecule has 0 atom stereocenters. The van der Waals surface area contributed by atoms with Gasteiger partial charge in [-0.2, -0.15) is 0 Å². The molecule has 154 valence electrons. The lowest BCUT2D eigenvalue weighted by molar-refractivity contribution is 0.0685. The molecule has 0 saturated carbocycles. The van der Waals surface area contributed by atoms with Crippen LogP contribution >= 0.6 is 0 Å². The fourth-order valence-electron chi connectivity index (χ4n) is 3.89. The molecule has 0 spiro atoms. The summed E-state index contributed by atoms with van der Waals surface area (Å²) in [7, 11) is 1.62. The summed E-state index contributed by atoms with van der Waals surface area (Å²) in [5, 5.41) is 0. The van der Waals surface area contributed by atoms with Gasteiger partial charge in [-0.3, -0.25) is 9.59 Å². The molecule has 0 N–H and O–H groups in total. The minimum absolute atomic E-state index is 0.0748. The third-order valence-electron chi connectivity index (χ3n) is 5.65. The van der Waals surface area contributed by atoms with E-state index in [-0.39, 0.29) is 23.7 Å². The van der Waals surface area contributed by atoms with Gasteiger partial charge in [0.05, 0.1) is 13.3 Å². The Morgan fingerprint density at radius 1 is 0.966 bits per heavy atom. The highest BCUT2D eigenvalue weighted by molar-refractivity contribution is 5.93. The molecule has 7 heteroatoms. The van der Waals surface area contributed by atoms with Crippen molar-refractivity contribution in [2.75, 3.05) is 39.8 Å². The quantitative estimate of drug-likeness (QED) is 0.715. The molecule has 1 amide bonds. The molecular formula is C22H27N3O4. The van der Waals surface area contributed by atoms with E-state index in [2.05, 4.69) is 4.90 Å². The summed E-state index contributed by atoms with van der Waals surface area (Å²) in [5.74, 6) is 0.965. The molecule has 29 heavy (non-hydrogen) atoms. The zero-order valence-electron chi connectivity index (χ0n) is 16.8. The van der Waals surface area contributed by atoms with Gasteiger partial charge in [-0.1, -0.05) is 12.1 Å². The van der Waals surface area contributed by atoms with Crippen LogP contribution in [0.15, 0.2) is 41.3 Å². The summed E-state index contributed by atoms with van der Waals surface area (Å²) < 4.78 is 12.7. The van der Waals surface area contributed by atoms with E-state index in [9.17, 15) is 9.59 Å². The molecule has 3 heterocycles. The van der Waals surface area contributed by atoms with Crippen molar-refractivity contribution in [2.24, 2.45) is 0 Å². The lowest BCUT2D eigenvalue weighted by Crippen LogP contribution is -2.44. The highest BCUT2D eigenvalue weighted by Gasteiger charge is 2.26. The number of fused-ring (bicyclic) bond motifs is 1. The Bertz CT molecular complexity index is 917. The maximum absolute atomic E-state index is 12.8. The summed E-state index contributed by atoms with van der Waals surface area (Å²) in [4.78, 5) is 29.6. The SMILES string of the molecule is COc1ccc(COc2cn3c(cc2=O)C(=O)N(CCN2CCCC2)CC3)cc1. The van der Waals surface area contributed by atoms with Crippen LogP contribution in [0.25, 0.3) is 0 Å². The van der Waals surface area contributed by atoms with Crippen molar-refractivity contribution in [3.8, 4) is 11.5 Å². The number of carbonyl (C=O) groups is 1. The number of rotatable bonds is 7. The van der Waals surface area contributed by atoms with Crippen molar-refractivity contribution in [2.45, 2.75) is 26.0 Å². The number of amides is 1. The number of hydrogen-bond donors (Lipinski definition) is 0. The van der Waals surface area contributed by atoms with Gasteiger partial charge in [0.15, 0.2) is 5.75 Å². The Labute approximate surface area is 170 Å². The third kappa shape index (κ3) is 4.45. The van der Waals surface area contributed by atoms with Gasteiger partial charge < -0.3 is 23.8 Å². The minimum atomic E-state index is -0.264. The maximum Gasteiger partial charge on any atom is 0.270 e. The molecule has 0 bridgehead atoms. The first kappa shape index (κ1) is 19.5. The van der Waals surface area contributed by atoms with Crippen molar-refractivity contribution in [1.82, 2.24) is 14.4 Å². The summed E-state index contributed by atoms with van der Waals surface area (Å²) in [6.45, 7) is 5.46. The molecule has 1 aromatic carbocycles. The van der Waals surface area contributed by atoms with E-state index in [0.717, 1.165) is 30.9 Å². The largest absolute Gasteiger partial charge is 0.497 e. The van der Waals surface area contributed by atoms with Gasteiger partial charge in [-0.05, 0) is 43.6 Å². The zero-order chi connectivity index (χ0) is 20.2. The minimum Gasteiger partial charge on any atom is -0.497 e. The van der Waals surface area contributed by atoms with Crippen LogP contribution in [0.3, 0.4) is 0 Å².